The third-order valence-electron chi connectivity index (χ3n) is 2.59. The number of nitrogens with one attached hydrogen (secondary N) is 1. The van der Waals surface area contributed by atoms with Crippen molar-refractivity contribution < 1.29 is 8.78 Å². The van der Waals surface area contributed by atoms with E-state index in [-0.39, 0.29) is 0 Å². The molecule has 2 aromatic heterocycles. The molecule has 2 heterocycles. The fourth-order valence-corrected chi connectivity index (χ4v) is 1.86. The number of hydrogen-bond acceptors (Lipinski definition) is 2. The Kier molecular flexibility index (Phi) is 1.71. The molecule has 0 saturated carbocycles. The lowest BCUT2D eigenvalue weighted by molar-refractivity contribution is 0.592. The fraction of sp³-hybridized carbons (Fsp3) is 0.0909. The molecule has 0 aliphatic carbocycles. The second kappa shape index (κ2) is 2.98. The van der Waals surface area contributed by atoms with E-state index in [2.05, 4.69) is 15.0 Å². The van der Waals surface area contributed by atoms with Gasteiger partial charge in [0.15, 0.2) is 0 Å². The van der Waals surface area contributed by atoms with Gasteiger partial charge in [0.05, 0.1) is 22.1 Å². The molecule has 3 nitrogen and oxygen atoms in total. The highest BCUT2D eigenvalue weighted by Gasteiger charge is 2.13. The van der Waals surface area contributed by atoms with Crippen LogP contribution >= 0.6 is 0 Å². The number of halogens is 2. The average molecular weight is 219 g/mol. The molecule has 0 aliphatic heterocycles. The maximum Gasteiger partial charge on any atom is 0.137 e. The molecule has 3 rings (SSSR count). The Morgan fingerprint density at radius 1 is 1.19 bits per heavy atom. The molecule has 80 valence electrons. The van der Waals surface area contributed by atoms with Crippen molar-refractivity contribution in [1.29, 1.82) is 0 Å². The van der Waals surface area contributed by atoms with Gasteiger partial charge < -0.3 is 4.98 Å². The summed E-state index contributed by atoms with van der Waals surface area (Å²) in [5, 5.41) is 0.307. The summed E-state index contributed by atoms with van der Waals surface area (Å²) in [5.41, 5.74) is 2.24. The summed E-state index contributed by atoms with van der Waals surface area (Å²) < 4.78 is 26.7. The SMILES string of the molecule is Cc1ncnc2c1[nH]c1cc(F)cc(F)c12. The van der Waals surface area contributed by atoms with Crippen molar-refractivity contribution in [3.05, 3.63) is 35.8 Å². The van der Waals surface area contributed by atoms with E-state index >= 15 is 0 Å². The quantitative estimate of drug-likeness (QED) is 0.631. The highest BCUT2D eigenvalue weighted by molar-refractivity contribution is 6.05. The van der Waals surface area contributed by atoms with Crippen LogP contribution in [0.1, 0.15) is 5.69 Å². The Morgan fingerprint density at radius 2 is 2.00 bits per heavy atom. The minimum Gasteiger partial charge on any atom is -0.352 e. The topological polar surface area (TPSA) is 41.6 Å². The van der Waals surface area contributed by atoms with Gasteiger partial charge in [-0.05, 0) is 13.0 Å². The Morgan fingerprint density at radius 3 is 2.81 bits per heavy atom. The molecule has 0 aliphatic rings. The van der Waals surface area contributed by atoms with E-state index in [1.807, 2.05) is 0 Å². The predicted molar refractivity (Wildman–Crippen MR) is 56.0 cm³/mol. The lowest BCUT2D eigenvalue weighted by Gasteiger charge is -1.94. The first-order valence-electron chi connectivity index (χ1n) is 4.75. The van der Waals surface area contributed by atoms with Gasteiger partial charge in [-0.25, -0.2) is 18.7 Å². The summed E-state index contributed by atoms with van der Waals surface area (Å²) >= 11 is 0. The van der Waals surface area contributed by atoms with Crippen LogP contribution in [-0.2, 0) is 0 Å². The summed E-state index contributed by atoms with van der Waals surface area (Å²) in [7, 11) is 0. The maximum absolute atomic E-state index is 13.6. The number of hydrogen-bond donors (Lipinski definition) is 1. The molecular formula is C11H7F2N3. The molecule has 1 N–H and O–H groups in total. The van der Waals surface area contributed by atoms with Crippen LogP contribution in [0.15, 0.2) is 18.5 Å². The molecule has 0 unspecified atom stereocenters. The number of fused-ring (bicyclic) bond motifs is 3. The minimum absolute atomic E-state index is 0.307. The molecule has 1 aromatic carbocycles. The monoisotopic (exact) mass is 219 g/mol. The molecule has 0 saturated heterocycles. The second-order valence-corrected chi connectivity index (χ2v) is 3.62. The van der Waals surface area contributed by atoms with Crippen molar-refractivity contribution in [2.75, 3.05) is 0 Å². The maximum atomic E-state index is 13.6. The van der Waals surface area contributed by atoms with Crippen LogP contribution in [0.4, 0.5) is 8.78 Å². The number of nitrogens with zero attached hydrogens (tertiary/aromatic N) is 2. The largest absolute Gasteiger partial charge is 0.352 e. The van der Waals surface area contributed by atoms with Crippen LogP contribution in [0.3, 0.4) is 0 Å². The summed E-state index contributed by atoms with van der Waals surface area (Å²) in [4.78, 5) is 10.9. The summed E-state index contributed by atoms with van der Waals surface area (Å²) in [6.07, 6.45) is 1.37. The first-order valence-corrected chi connectivity index (χ1v) is 4.75. The molecular weight excluding hydrogens is 212 g/mol. The van der Waals surface area contributed by atoms with Gasteiger partial charge in [0, 0.05) is 6.07 Å². The number of rotatable bonds is 0. The average Bonchev–Trinajstić information content (AvgIpc) is 2.57. The van der Waals surface area contributed by atoms with Crippen LogP contribution in [-0.4, -0.2) is 15.0 Å². The van der Waals surface area contributed by atoms with E-state index in [1.165, 1.54) is 12.4 Å². The van der Waals surface area contributed by atoms with Gasteiger partial charge in [0.1, 0.15) is 23.5 Å². The smallest absolute Gasteiger partial charge is 0.137 e. The zero-order chi connectivity index (χ0) is 11.3. The van der Waals surface area contributed by atoms with E-state index in [0.717, 1.165) is 6.07 Å². The van der Waals surface area contributed by atoms with Crippen molar-refractivity contribution >= 4 is 21.9 Å². The molecule has 16 heavy (non-hydrogen) atoms. The molecule has 0 bridgehead atoms. The molecule has 0 spiro atoms. The third kappa shape index (κ3) is 1.11. The van der Waals surface area contributed by atoms with E-state index < -0.39 is 11.6 Å². The highest BCUT2D eigenvalue weighted by Crippen LogP contribution is 2.27. The summed E-state index contributed by atoms with van der Waals surface area (Å²) in [5.74, 6) is -1.22. The van der Waals surface area contributed by atoms with Crippen molar-refractivity contribution in [3.63, 3.8) is 0 Å². The van der Waals surface area contributed by atoms with E-state index in [4.69, 9.17) is 0 Å². The first kappa shape index (κ1) is 9.21. The molecule has 0 atom stereocenters. The number of aromatic amines is 1. The molecule has 3 aromatic rings. The van der Waals surface area contributed by atoms with Gasteiger partial charge in [-0.1, -0.05) is 0 Å². The Bertz CT molecular complexity index is 703. The lowest BCUT2D eigenvalue weighted by Crippen LogP contribution is -1.85. The summed E-state index contributed by atoms with van der Waals surface area (Å²) in [6.45, 7) is 1.79. The van der Waals surface area contributed by atoms with Crippen LogP contribution in [0, 0.1) is 18.6 Å². The first-order chi connectivity index (χ1) is 7.66. The molecule has 5 heteroatoms. The van der Waals surface area contributed by atoms with Gasteiger partial charge in [0.2, 0.25) is 0 Å². The Hall–Kier alpha value is -2.04. The standard InChI is InChI=1S/C11H7F2N3/c1-5-10-11(15-4-14-5)9-7(13)2-6(12)3-8(9)16-10/h2-4,16H,1H3. The molecule has 0 amide bonds. The highest BCUT2D eigenvalue weighted by atomic mass is 19.1. The zero-order valence-electron chi connectivity index (χ0n) is 8.38. The zero-order valence-corrected chi connectivity index (χ0v) is 8.38. The van der Waals surface area contributed by atoms with E-state index in [9.17, 15) is 8.78 Å². The lowest BCUT2D eigenvalue weighted by atomic mass is 10.2. The minimum atomic E-state index is -0.612. The molecule has 0 radical (unpaired) electrons. The van der Waals surface area contributed by atoms with E-state index in [1.54, 1.807) is 6.92 Å². The van der Waals surface area contributed by atoms with Gasteiger partial charge >= 0.3 is 0 Å². The van der Waals surface area contributed by atoms with Crippen molar-refractivity contribution in [2.24, 2.45) is 0 Å². The van der Waals surface area contributed by atoms with Gasteiger partial charge in [-0.3, -0.25) is 0 Å². The second-order valence-electron chi connectivity index (χ2n) is 3.62. The number of aryl methyl sites for hydroxylation is 1. The number of benzene rings is 1. The predicted octanol–water partition coefficient (Wildman–Crippen LogP) is 2.70. The Balaban J connectivity index is 2.61. The number of H-pyrrole nitrogens is 1. The normalized spacial score (nSPS) is 11.4. The van der Waals surface area contributed by atoms with Crippen molar-refractivity contribution in [1.82, 2.24) is 15.0 Å². The van der Waals surface area contributed by atoms with Crippen LogP contribution in [0.2, 0.25) is 0 Å². The van der Waals surface area contributed by atoms with Crippen LogP contribution < -0.4 is 0 Å². The van der Waals surface area contributed by atoms with Crippen LogP contribution in [0.5, 0.6) is 0 Å². The third-order valence-corrected chi connectivity index (χ3v) is 2.59. The Labute approximate surface area is 89.1 Å². The van der Waals surface area contributed by atoms with Crippen LogP contribution in [0.25, 0.3) is 21.9 Å². The van der Waals surface area contributed by atoms with Gasteiger partial charge in [0.25, 0.3) is 0 Å². The van der Waals surface area contributed by atoms with Gasteiger partial charge in [-0.2, -0.15) is 0 Å². The number of aromatic nitrogens is 3. The summed E-state index contributed by atoms with van der Waals surface area (Å²) in [6, 6.07) is 2.10. The van der Waals surface area contributed by atoms with E-state index in [0.29, 0.717) is 27.6 Å². The van der Waals surface area contributed by atoms with Gasteiger partial charge in [-0.15, -0.1) is 0 Å². The molecule has 0 fully saturated rings. The van der Waals surface area contributed by atoms with Crippen molar-refractivity contribution in [3.8, 4) is 0 Å². The van der Waals surface area contributed by atoms with Crippen molar-refractivity contribution in [2.45, 2.75) is 6.92 Å². The fourth-order valence-electron chi connectivity index (χ4n) is 1.86.